The summed E-state index contributed by atoms with van der Waals surface area (Å²) in [5, 5.41) is 14.2. The van der Waals surface area contributed by atoms with Crippen molar-refractivity contribution in [1.29, 1.82) is 0 Å². The third kappa shape index (κ3) is 1.10. The molecule has 11 heavy (non-hydrogen) atoms. The van der Waals surface area contributed by atoms with Gasteiger partial charge in [0.1, 0.15) is 0 Å². The molecule has 0 aromatic heterocycles. The molecule has 1 heterocycles. The van der Waals surface area contributed by atoms with Gasteiger partial charge in [-0.05, 0) is 38.9 Å². The van der Waals surface area contributed by atoms with Gasteiger partial charge in [-0.25, -0.2) is 0 Å². The van der Waals surface area contributed by atoms with E-state index in [1.165, 1.54) is 0 Å². The molecule has 0 radical (unpaired) electrons. The fourth-order valence-corrected chi connectivity index (χ4v) is 0.847. The van der Waals surface area contributed by atoms with Gasteiger partial charge in [-0.3, -0.25) is 0 Å². The Kier molecular flexibility index (Phi) is 1.37. The minimum Gasteiger partial charge on any atom is -0.0362 e. The lowest BCUT2D eigenvalue weighted by molar-refractivity contribution is 1.02. The normalized spacial score (nSPS) is 14.4. The van der Waals surface area contributed by atoms with Crippen LogP contribution < -0.4 is 0 Å². The van der Waals surface area contributed by atoms with E-state index in [0.717, 1.165) is 5.56 Å². The molecule has 0 saturated heterocycles. The van der Waals surface area contributed by atoms with Gasteiger partial charge in [0.05, 0.1) is 12.1 Å². The number of benzene rings is 1. The monoisotopic (exact) mass is 145 g/mol. The van der Waals surface area contributed by atoms with Crippen molar-refractivity contribution < 1.29 is 0 Å². The molecule has 0 fully saturated rings. The van der Waals surface area contributed by atoms with Gasteiger partial charge in [-0.1, -0.05) is 0 Å². The zero-order valence-corrected chi connectivity index (χ0v) is 5.68. The maximum atomic E-state index is 3.71. The lowest BCUT2D eigenvalue weighted by atomic mass is 10.2. The Morgan fingerprint density at radius 3 is 2.18 bits per heavy atom. The van der Waals surface area contributed by atoms with Crippen LogP contribution in [0.15, 0.2) is 51.0 Å². The van der Waals surface area contributed by atoms with Crippen LogP contribution in [0.5, 0.6) is 0 Å². The molecule has 0 spiro atoms. The summed E-state index contributed by atoms with van der Waals surface area (Å²) in [4.78, 5) is 0. The second-order valence-electron chi connectivity index (χ2n) is 2.07. The molecule has 0 bridgehead atoms. The maximum Gasteiger partial charge on any atom is 0.313 e. The Bertz CT molecular complexity index is 279. The highest BCUT2D eigenvalue weighted by Gasteiger charge is 2.21. The molecule has 1 aromatic rings. The molecule has 4 nitrogen and oxygen atoms in total. The van der Waals surface area contributed by atoms with E-state index in [9.17, 15) is 0 Å². The van der Waals surface area contributed by atoms with Gasteiger partial charge in [0.2, 0.25) is 0 Å². The molecule has 0 saturated carbocycles. The molecule has 0 N–H and O–H groups in total. The van der Waals surface area contributed by atoms with Crippen LogP contribution in [0.25, 0.3) is 0 Å². The Morgan fingerprint density at radius 2 is 1.55 bits per heavy atom. The van der Waals surface area contributed by atoms with Gasteiger partial charge in [-0.2, -0.15) is 0 Å². The molecule has 0 unspecified atom stereocenters. The second-order valence-corrected chi connectivity index (χ2v) is 2.07. The van der Waals surface area contributed by atoms with Gasteiger partial charge in [0.25, 0.3) is 0 Å². The summed E-state index contributed by atoms with van der Waals surface area (Å²) in [7, 11) is 0. The molecule has 0 amide bonds. The molecule has 2 rings (SSSR count). The smallest absolute Gasteiger partial charge is 0.0362 e. The number of hydrogen-bond donors (Lipinski definition) is 0. The lowest BCUT2D eigenvalue weighted by Crippen LogP contribution is -1.86. The fourth-order valence-electron chi connectivity index (χ4n) is 0.847. The van der Waals surface area contributed by atoms with Gasteiger partial charge >= 0.3 is 6.17 Å². The van der Waals surface area contributed by atoms with Crippen LogP contribution >= 0.6 is 0 Å². The highest BCUT2D eigenvalue weighted by atomic mass is 15.6. The van der Waals surface area contributed by atoms with Crippen molar-refractivity contribution in [2.75, 3.05) is 0 Å². The van der Waals surface area contributed by atoms with E-state index < -0.39 is 0 Å². The summed E-state index contributed by atoms with van der Waals surface area (Å²) in [6, 6.07) is 9.61. The third-order valence-corrected chi connectivity index (χ3v) is 1.35. The predicted molar refractivity (Wildman–Crippen MR) is 38.5 cm³/mol. The summed E-state index contributed by atoms with van der Waals surface area (Å²) in [6.07, 6.45) is 0.575. The Balaban J connectivity index is 2.30. The zero-order valence-electron chi connectivity index (χ0n) is 5.68. The minimum atomic E-state index is 0.575. The van der Waals surface area contributed by atoms with Crippen molar-refractivity contribution in [3.8, 4) is 0 Å². The summed E-state index contributed by atoms with van der Waals surface area (Å²) in [5.41, 5.74) is 0.942. The maximum absolute atomic E-state index is 3.71. The molecule has 52 valence electrons. The van der Waals surface area contributed by atoms with Crippen LogP contribution in [-0.4, -0.2) is 0 Å². The largest absolute Gasteiger partial charge is 0.313 e. The van der Waals surface area contributed by atoms with Crippen LogP contribution in [0.2, 0.25) is 0 Å². The van der Waals surface area contributed by atoms with E-state index in [4.69, 9.17) is 0 Å². The first-order valence-electron chi connectivity index (χ1n) is 3.21. The standard InChI is InChI=1S/C7H5N4/c1-2-4-6(5-3-1)7-8-10-11-9-7/h1-5H/q+1. The van der Waals surface area contributed by atoms with Gasteiger partial charge in [0.15, 0.2) is 5.56 Å². The van der Waals surface area contributed by atoms with E-state index in [0.29, 0.717) is 6.17 Å². The molecule has 1 aliphatic rings. The van der Waals surface area contributed by atoms with Crippen LogP contribution in [-0.2, 0) is 0 Å². The summed E-state index contributed by atoms with van der Waals surface area (Å²) in [5.74, 6) is 0. The molecule has 0 aliphatic carbocycles. The van der Waals surface area contributed by atoms with Crippen molar-refractivity contribution >= 4 is 0 Å². The van der Waals surface area contributed by atoms with Crippen molar-refractivity contribution in [3.05, 3.63) is 42.1 Å². The van der Waals surface area contributed by atoms with E-state index in [1.807, 2.05) is 30.3 Å². The Morgan fingerprint density at radius 1 is 0.909 bits per heavy atom. The predicted octanol–water partition coefficient (Wildman–Crippen LogP) is 2.36. The topological polar surface area (TPSA) is 49.4 Å². The average molecular weight is 145 g/mol. The second kappa shape index (κ2) is 2.49. The molecule has 4 heteroatoms. The van der Waals surface area contributed by atoms with Gasteiger partial charge < -0.3 is 0 Å². The number of hydrogen-bond acceptors (Lipinski definition) is 4. The fraction of sp³-hybridized carbons (Fsp3) is 0. The quantitative estimate of drug-likeness (QED) is 0.544. The first-order valence-corrected chi connectivity index (χ1v) is 3.21. The SMILES string of the molecule is c1ccc([C+]2N=NN=N2)cc1. The Hall–Kier alpha value is -1.71. The first-order chi connectivity index (χ1) is 5.47. The minimum absolute atomic E-state index is 0.575. The van der Waals surface area contributed by atoms with Crippen LogP contribution in [0.4, 0.5) is 0 Å². The lowest BCUT2D eigenvalue weighted by Gasteiger charge is -1.86. The molecule has 1 aliphatic heterocycles. The summed E-state index contributed by atoms with van der Waals surface area (Å²) >= 11 is 0. The van der Waals surface area contributed by atoms with E-state index in [1.54, 1.807) is 0 Å². The molecule has 1 aromatic carbocycles. The van der Waals surface area contributed by atoms with E-state index in [2.05, 4.69) is 20.7 Å². The van der Waals surface area contributed by atoms with Crippen molar-refractivity contribution in [1.82, 2.24) is 0 Å². The summed E-state index contributed by atoms with van der Waals surface area (Å²) < 4.78 is 0. The third-order valence-electron chi connectivity index (χ3n) is 1.35. The van der Waals surface area contributed by atoms with E-state index >= 15 is 0 Å². The number of nitrogens with zero attached hydrogens (tertiary/aromatic N) is 4. The summed E-state index contributed by atoms with van der Waals surface area (Å²) in [6.45, 7) is 0. The molecule has 0 atom stereocenters. The highest BCUT2D eigenvalue weighted by Crippen LogP contribution is 2.21. The Labute approximate surface area is 63.7 Å². The highest BCUT2D eigenvalue weighted by molar-refractivity contribution is 5.28. The van der Waals surface area contributed by atoms with E-state index in [-0.39, 0.29) is 0 Å². The van der Waals surface area contributed by atoms with Crippen molar-refractivity contribution in [2.24, 2.45) is 20.7 Å². The molecular weight excluding hydrogens is 140 g/mol. The average Bonchev–Trinajstić information content (AvgIpc) is 2.58. The zero-order chi connectivity index (χ0) is 7.52. The van der Waals surface area contributed by atoms with Crippen LogP contribution in [0.3, 0.4) is 0 Å². The van der Waals surface area contributed by atoms with Gasteiger partial charge in [0, 0.05) is 0 Å². The first kappa shape index (κ1) is 6.03. The van der Waals surface area contributed by atoms with Gasteiger partial charge in [-0.15, -0.1) is 0 Å². The van der Waals surface area contributed by atoms with Crippen LogP contribution in [0, 0.1) is 6.17 Å². The number of rotatable bonds is 1. The van der Waals surface area contributed by atoms with Crippen molar-refractivity contribution in [2.45, 2.75) is 0 Å². The van der Waals surface area contributed by atoms with Crippen LogP contribution in [0.1, 0.15) is 5.56 Å². The molecular formula is C7H5N4+. The van der Waals surface area contributed by atoms with Crippen molar-refractivity contribution in [3.63, 3.8) is 0 Å².